The number of ether oxygens (including phenoxy) is 1. The van der Waals surface area contributed by atoms with Crippen LogP contribution < -0.4 is 4.74 Å². The Balaban J connectivity index is 2.51. The molecular formula is C15H17BrN2O3. The highest BCUT2D eigenvalue weighted by atomic mass is 79.9. The average molecular weight is 353 g/mol. The number of aryl methyl sites for hydroxylation is 2. The molecule has 2 aromatic rings. The number of rotatable bonds is 4. The van der Waals surface area contributed by atoms with Gasteiger partial charge in [-0.1, -0.05) is 29.8 Å². The number of hydrogen-bond donors (Lipinski definition) is 1. The van der Waals surface area contributed by atoms with Crippen molar-refractivity contribution < 1.29 is 14.6 Å². The zero-order valence-electron chi connectivity index (χ0n) is 12.3. The van der Waals surface area contributed by atoms with Gasteiger partial charge >= 0.3 is 5.97 Å². The first kappa shape index (κ1) is 15.6. The van der Waals surface area contributed by atoms with Gasteiger partial charge in [-0.05, 0) is 36.6 Å². The van der Waals surface area contributed by atoms with E-state index in [-0.39, 0.29) is 17.4 Å². The Morgan fingerprint density at radius 2 is 2.10 bits per heavy atom. The van der Waals surface area contributed by atoms with E-state index in [0.717, 1.165) is 10.0 Å². The Bertz CT molecular complexity index is 692. The number of aromatic carboxylic acids is 1. The molecule has 2 rings (SSSR count). The largest absolute Gasteiger partial charge is 0.477 e. The van der Waals surface area contributed by atoms with Crippen LogP contribution in [0.4, 0.5) is 0 Å². The predicted molar refractivity (Wildman–Crippen MR) is 83.2 cm³/mol. The van der Waals surface area contributed by atoms with Crippen LogP contribution in [0.3, 0.4) is 0 Å². The molecule has 112 valence electrons. The quantitative estimate of drug-likeness (QED) is 0.899. The summed E-state index contributed by atoms with van der Waals surface area (Å²) in [6, 6.07) is 5.67. The first-order valence-electron chi connectivity index (χ1n) is 6.55. The Hall–Kier alpha value is -1.82. The molecule has 0 radical (unpaired) electrons. The third-order valence-corrected chi connectivity index (χ3v) is 3.68. The number of nitrogens with zero attached hydrogens (tertiary/aromatic N) is 2. The van der Waals surface area contributed by atoms with Crippen molar-refractivity contribution in [3.63, 3.8) is 0 Å². The minimum atomic E-state index is -1.04. The molecule has 1 N–H and O–H groups in total. The molecule has 0 saturated heterocycles. The zero-order valence-corrected chi connectivity index (χ0v) is 13.9. The molecule has 0 bridgehead atoms. The van der Waals surface area contributed by atoms with E-state index in [1.54, 1.807) is 14.0 Å². The van der Waals surface area contributed by atoms with Gasteiger partial charge in [0.2, 0.25) is 5.88 Å². The molecule has 0 spiro atoms. The predicted octanol–water partition coefficient (Wildman–Crippen LogP) is 4.10. The van der Waals surface area contributed by atoms with Gasteiger partial charge in [0.15, 0.2) is 0 Å². The maximum absolute atomic E-state index is 11.4. The lowest BCUT2D eigenvalue weighted by atomic mass is 10.0. The minimum Gasteiger partial charge on any atom is -0.477 e. The van der Waals surface area contributed by atoms with Crippen LogP contribution in [0.25, 0.3) is 0 Å². The zero-order chi connectivity index (χ0) is 15.7. The van der Waals surface area contributed by atoms with Gasteiger partial charge in [0.1, 0.15) is 11.3 Å². The highest BCUT2D eigenvalue weighted by Gasteiger charge is 2.22. The third-order valence-electron chi connectivity index (χ3n) is 3.18. The van der Waals surface area contributed by atoms with Gasteiger partial charge in [-0.25, -0.2) is 9.48 Å². The normalized spacial score (nSPS) is 11.0. The van der Waals surface area contributed by atoms with Crippen LogP contribution in [0.5, 0.6) is 11.6 Å². The molecular weight excluding hydrogens is 336 g/mol. The molecule has 6 heteroatoms. The molecule has 0 fully saturated rings. The van der Waals surface area contributed by atoms with E-state index in [0.29, 0.717) is 11.4 Å². The van der Waals surface area contributed by atoms with Crippen molar-refractivity contribution in [2.24, 2.45) is 7.05 Å². The third kappa shape index (κ3) is 3.10. The van der Waals surface area contributed by atoms with Crippen LogP contribution >= 0.6 is 15.9 Å². The van der Waals surface area contributed by atoms with Gasteiger partial charge in [0.05, 0.1) is 5.69 Å². The lowest BCUT2D eigenvalue weighted by molar-refractivity contribution is 0.0693. The van der Waals surface area contributed by atoms with Gasteiger partial charge in [-0.15, -0.1) is 0 Å². The lowest BCUT2D eigenvalue weighted by Crippen LogP contribution is -2.03. The Morgan fingerprint density at radius 1 is 1.43 bits per heavy atom. The second-order valence-corrected chi connectivity index (χ2v) is 6.05. The standard InChI is InChI=1S/C15H17BrN2O3/c1-8(2)11-7-10(16)5-6-12(11)21-14-13(15(19)20)9(3)17-18(14)4/h5-8H,1-4H3,(H,19,20). The van der Waals surface area contributed by atoms with E-state index in [9.17, 15) is 9.90 Å². The fourth-order valence-corrected chi connectivity index (χ4v) is 2.55. The molecule has 0 aliphatic carbocycles. The van der Waals surface area contributed by atoms with Gasteiger partial charge < -0.3 is 9.84 Å². The summed E-state index contributed by atoms with van der Waals surface area (Å²) in [5.41, 5.74) is 1.53. The van der Waals surface area contributed by atoms with Gasteiger partial charge in [0, 0.05) is 11.5 Å². The molecule has 0 unspecified atom stereocenters. The van der Waals surface area contributed by atoms with Crippen molar-refractivity contribution in [1.82, 2.24) is 9.78 Å². The van der Waals surface area contributed by atoms with Crippen LogP contribution in [-0.2, 0) is 7.05 Å². The molecule has 0 saturated carbocycles. The van der Waals surface area contributed by atoms with E-state index in [1.165, 1.54) is 4.68 Å². The van der Waals surface area contributed by atoms with E-state index in [2.05, 4.69) is 34.9 Å². The van der Waals surface area contributed by atoms with Crippen molar-refractivity contribution in [3.8, 4) is 11.6 Å². The molecule has 1 aromatic heterocycles. The Morgan fingerprint density at radius 3 is 2.67 bits per heavy atom. The molecule has 0 atom stereocenters. The van der Waals surface area contributed by atoms with Gasteiger partial charge in [-0.2, -0.15) is 5.10 Å². The Labute approximate surface area is 131 Å². The molecule has 1 aromatic carbocycles. The number of carbonyl (C=O) groups is 1. The summed E-state index contributed by atoms with van der Waals surface area (Å²) < 4.78 is 8.27. The van der Waals surface area contributed by atoms with Crippen LogP contribution in [0.1, 0.15) is 41.4 Å². The summed E-state index contributed by atoms with van der Waals surface area (Å²) in [4.78, 5) is 11.4. The molecule has 21 heavy (non-hydrogen) atoms. The van der Waals surface area contributed by atoms with Gasteiger partial charge in [-0.3, -0.25) is 0 Å². The molecule has 0 amide bonds. The highest BCUT2D eigenvalue weighted by Crippen LogP contribution is 2.34. The summed E-state index contributed by atoms with van der Waals surface area (Å²) in [7, 11) is 1.67. The van der Waals surface area contributed by atoms with Crippen LogP contribution in [-0.4, -0.2) is 20.9 Å². The minimum absolute atomic E-state index is 0.0927. The fourth-order valence-electron chi connectivity index (χ4n) is 2.17. The first-order chi connectivity index (χ1) is 9.81. The van der Waals surface area contributed by atoms with E-state index in [1.807, 2.05) is 18.2 Å². The topological polar surface area (TPSA) is 64.4 Å². The van der Waals surface area contributed by atoms with Crippen LogP contribution in [0.2, 0.25) is 0 Å². The SMILES string of the molecule is Cc1nn(C)c(Oc2ccc(Br)cc2C(C)C)c1C(=O)O. The lowest BCUT2D eigenvalue weighted by Gasteiger charge is -2.14. The average Bonchev–Trinajstić information content (AvgIpc) is 2.66. The second kappa shape index (κ2) is 5.89. The number of carboxylic acid groups (broad SMARTS) is 1. The fraction of sp³-hybridized carbons (Fsp3) is 0.333. The first-order valence-corrected chi connectivity index (χ1v) is 7.34. The molecule has 5 nitrogen and oxygen atoms in total. The summed E-state index contributed by atoms with van der Waals surface area (Å²) in [5.74, 6) is 0.0850. The molecule has 0 aliphatic rings. The maximum Gasteiger partial charge on any atom is 0.343 e. The molecule has 1 heterocycles. The summed E-state index contributed by atoms with van der Waals surface area (Å²) in [5, 5.41) is 13.4. The number of halogens is 1. The maximum atomic E-state index is 11.4. The van der Waals surface area contributed by atoms with Crippen LogP contribution in [0.15, 0.2) is 22.7 Å². The second-order valence-electron chi connectivity index (χ2n) is 5.13. The summed E-state index contributed by atoms with van der Waals surface area (Å²) >= 11 is 3.44. The van der Waals surface area contributed by atoms with Crippen molar-refractivity contribution in [2.75, 3.05) is 0 Å². The Kier molecular flexibility index (Phi) is 4.37. The van der Waals surface area contributed by atoms with E-state index < -0.39 is 5.97 Å². The molecule has 0 aliphatic heterocycles. The van der Waals surface area contributed by atoms with E-state index in [4.69, 9.17) is 4.74 Å². The van der Waals surface area contributed by atoms with E-state index >= 15 is 0 Å². The summed E-state index contributed by atoms with van der Waals surface area (Å²) in [6.45, 7) is 5.77. The van der Waals surface area contributed by atoms with Crippen LogP contribution in [0, 0.1) is 6.92 Å². The number of aromatic nitrogens is 2. The smallest absolute Gasteiger partial charge is 0.343 e. The van der Waals surface area contributed by atoms with Crippen molar-refractivity contribution in [2.45, 2.75) is 26.7 Å². The number of carboxylic acids is 1. The highest BCUT2D eigenvalue weighted by molar-refractivity contribution is 9.10. The number of benzene rings is 1. The van der Waals surface area contributed by atoms with Crippen molar-refractivity contribution in [1.29, 1.82) is 0 Å². The van der Waals surface area contributed by atoms with Crippen molar-refractivity contribution >= 4 is 21.9 Å². The van der Waals surface area contributed by atoms with Crippen molar-refractivity contribution in [3.05, 3.63) is 39.5 Å². The monoisotopic (exact) mass is 352 g/mol. The van der Waals surface area contributed by atoms with Gasteiger partial charge in [0.25, 0.3) is 0 Å². The number of hydrogen-bond acceptors (Lipinski definition) is 3. The summed E-state index contributed by atoms with van der Waals surface area (Å²) in [6.07, 6.45) is 0.